The molecule has 110 valence electrons. The quantitative estimate of drug-likeness (QED) is 0.906. The maximum Gasteiger partial charge on any atom is 0.323 e. The van der Waals surface area contributed by atoms with Gasteiger partial charge in [0.25, 0.3) is 0 Å². The molecule has 0 aliphatic carbocycles. The summed E-state index contributed by atoms with van der Waals surface area (Å²) in [6, 6.07) is 9.32. The number of hydrogen-bond donors (Lipinski definition) is 1. The fraction of sp³-hybridized carbons (Fsp3) is 0.267. The van der Waals surface area contributed by atoms with Crippen LogP contribution in [-0.4, -0.2) is 45.9 Å². The fourth-order valence-electron chi connectivity index (χ4n) is 2.12. The lowest BCUT2D eigenvalue weighted by atomic mass is 10.2. The Bertz CT molecular complexity index is 690. The second-order valence-electron chi connectivity index (χ2n) is 4.78. The van der Waals surface area contributed by atoms with Gasteiger partial charge in [-0.3, -0.25) is 19.0 Å². The smallest absolute Gasteiger partial charge is 0.323 e. The van der Waals surface area contributed by atoms with E-state index < -0.39 is 5.97 Å². The van der Waals surface area contributed by atoms with Crippen LogP contribution in [0.4, 0.5) is 0 Å². The zero-order chi connectivity index (χ0) is 15.4. The van der Waals surface area contributed by atoms with Crippen LogP contribution in [0.1, 0.15) is 17.6 Å². The van der Waals surface area contributed by atoms with Crippen LogP contribution in [0, 0.1) is 0 Å². The molecule has 0 bridgehead atoms. The molecule has 0 saturated heterocycles. The highest BCUT2D eigenvalue weighted by molar-refractivity contribution is 5.94. The molecule has 1 aromatic carbocycles. The summed E-state index contributed by atoms with van der Waals surface area (Å²) in [5, 5.41) is 9.57. The van der Waals surface area contributed by atoms with Gasteiger partial charge in [0.05, 0.1) is 5.52 Å². The van der Waals surface area contributed by atoms with Crippen LogP contribution in [0.3, 0.4) is 0 Å². The Morgan fingerprint density at radius 3 is 2.57 bits per heavy atom. The van der Waals surface area contributed by atoms with E-state index in [1.807, 2.05) is 30.3 Å². The van der Waals surface area contributed by atoms with Gasteiger partial charge in [-0.2, -0.15) is 0 Å². The van der Waals surface area contributed by atoms with Crippen molar-refractivity contribution < 1.29 is 19.5 Å². The number of aromatic nitrogens is 1. The summed E-state index contributed by atoms with van der Waals surface area (Å²) in [5.41, 5.74) is 0.800. The maximum absolute atomic E-state index is 12.1. The Morgan fingerprint density at radius 1 is 1.14 bits per heavy atom. The van der Waals surface area contributed by atoms with E-state index in [9.17, 15) is 14.4 Å². The number of nitrogens with zero attached hydrogens (tertiary/aromatic N) is 2. The summed E-state index contributed by atoms with van der Waals surface area (Å²) >= 11 is 0. The molecule has 2 aromatic rings. The predicted molar refractivity (Wildman–Crippen MR) is 77.1 cm³/mol. The van der Waals surface area contributed by atoms with Gasteiger partial charge in [-0.1, -0.05) is 18.2 Å². The number of carbonyl (C=O) groups excluding carboxylic acids is 2. The van der Waals surface area contributed by atoms with Crippen molar-refractivity contribution in [2.24, 2.45) is 0 Å². The third-order valence-corrected chi connectivity index (χ3v) is 3.22. The van der Waals surface area contributed by atoms with Crippen molar-refractivity contribution in [3.63, 3.8) is 0 Å². The molecule has 1 aromatic heterocycles. The second kappa shape index (κ2) is 6.21. The molecule has 1 heterocycles. The van der Waals surface area contributed by atoms with Gasteiger partial charge < -0.3 is 10.0 Å². The number of benzene rings is 1. The van der Waals surface area contributed by atoms with Crippen LogP contribution in [-0.2, 0) is 9.59 Å². The summed E-state index contributed by atoms with van der Waals surface area (Å²) in [5.74, 6) is -1.62. The number of para-hydroxylation sites is 1. The molecule has 21 heavy (non-hydrogen) atoms. The van der Waals surface area contributed by atoms with Gasteiger partial charge >= 0.3 is 5.97 Å². The van der Waals surface area contributed by atoms with Gasteiger partial charge in [-0.05, 0) is 12.1 Å². The topological polar surface area (TPSA) is 79.6 Å². The molecule has 0 atom stereocenters. The molecule has 0 unspecified atom stereocenters. The van der Waals surface area contributed by atoms with E-state index in [0.717, 1.165) is 15.8 Å². The highest BCUT2D eigenvalue weighted by atomic mass is 16.4. The van der Waals surface area contributed by atoms with Crippen LogP contribution < -0.4 is 0 Å². The monoisotopic (exact) mass is 288 g/mol. The van der Waals surface area contributed by atoms with Crippen LogP contribution in [0.5, 0.6) is 0 Å². The minimum absolute atomic E-state index is 0.00484. The lowest BCUT2D eigenvalue weighted by molar-refractivity contribution is -0.143. The Kier molecular flexibility index (Phi) is 4.37. The Labute approximate surface area is 121 Å². The molecule has 1 N–H and O–H groups in total. The van der Waals surface area contributed by atoms with E-state index in [-0.39, 0.29) is 31.2 Å². The number of amides is 1. The molecule has 0 radical (unpaired) electrons. The lowest BCUT2D eigenvalue weighted by Crippen LogP contribution is -2.32. The minimum atomic E-state index is -1.08. The van der Waals surface area contributed by atoms with Crippen molar-refractivity contribution in [3.05, 3.63) is 36.5 Å². The van der Waals surface area contributed by atoms with E-state index in [2.05, 4.69) is 0 Å². The number of carboxylic acid groups (broad SMARTS) is 1. The van der Waals surface area contributed by atoms with Gasteiger partial charge in [0, 0.05) is 31.5 Å². The first-order valence-electron chi connectivity index (χ1n) is 6.54. The van der Waals surface area contributed by atoms with Crippen molar-refractivity contribution >= 4 is 28.7 Å². The third kappa shape index (κ3) is 3.47. The van der Waals surface area contributed by atoms with Crippen LogP contribution in [0.15, 0.2) is 36.5 Å². The van der Waals surface area contributed by atoms with Crippen molar-refractivity contribution in [3.8, 4) is 0 Å². The zero-order valence-corrected chi connectivity index (χ0v) is 11.7. The average Bonchev–Trinajstić information content (AvgIpc) is 2.87. The summed E-state index contributed by atoms with van der Waals surface area (Å²) in [7, 11) is 1.41. The predicted octanol–water partition coefficient (Wildman–Crippen LogP) is 1.60. The SMILES string of the molecule is CN(CC(=O)O)C(=O)CCC(=O)n1ccc2ccccc21. The molecule has 0 fully saturated rings. The average molecular weight is 288 g/mol. The Balaban J connectivity index is 1.99. The highest BCUT2D eigenvalue weighted by Crippen LogP contribution is 2.15. The molecule has 6 nitrogen and oxygen atoms in total. The molecule has 0 aliphatic heterocycles. The van der Waals surface area contributed by atoms with E-state index in [4.69, 9.17) is 5.11 Å². The maximum atomic E-state index is 12.1. The van der Waals surface area contributed by atoms with E-state index in [0.29, 0.717) is 0 Å². The minimum Gasteiger partial charge on any atom is -0.480 e. The van der Waals surface area contributed by atoms with Crippen molar-refractivity contribution in [1.82, 2.24) is 9.47 Å². The van der Waals surface area contributed by atoms with Gasteiger partial charge in [0.1, 0.15) is 6.54 Å². The normalized spacial score (nSPS) is 10.5. The summed E-state index contributed by atoms with van der Waals surface area (Å²) in [6.07, 6.45) is 1.72. The standard InChI is InChI=1S/C15H16N2O4/c1-16(10-15(20)21)13(18)6-7-14(19)17-9-8-11-4-2-3-5-12(11)17/h2-5,8-9H,6-7,10H2,1H3,(H,20,21). The number of fused-ring (bicyclic) bond motifs is 1. The first-order chi connectivity index (χ1) is 9.99. The van der Waals surface area contributed by atoms with E-state index in [1.54, 1.807) is 6.20 Å². The van der Waals surface area contributed by atoms with Crippen LogP contribution in [0.2, 0.25) is 0 Å². The van der Waals surface area contributed by atoms with Crippen molar-refractivity contribution in [2.45, 2.75) is 12.8 Å². The summed E-state index contributed by atoms with van der Waals surface area (Å²) < 4.78 is 1.51. The largest absolute Gasteiger partial charge is 0.480 e. The van der Waals surface area contributed by atoms with Crippen LogP contribution >= 0.6 is 0 Å². The van der Waals surface area contributed by atoms with Crippen LogP contribution in [0.25, 0.3) is 10.9 Å². The van der Waals surface area contributed by atoms with Gasteiger partial charge in [0.15, 0.2) is 0 Å². The fourth-order valence-corrected chi connectivity index (χ4v) is 2.12. The molecular formula is C15H16N2O4. The number of likely N-dealkylation sites (N-methyl/N-ethyl adjacent to an activating group) is 1. The molecule has 2 rings (SSSR count). The van der Waals surface area contributed by atoms with Gasteiger partial charge in [-0.15, -0.1) is 0 Å². The molecule has 0 spiro atoms. The Hall–Kier alpha value is -2.63. The number of hydrogen-bond acceptors (Lipinski definition) is 3. The number of rotatable bonds is 5. The number of aliphatic carboxylic acids is 1. The first-order valence-corrected chi connectivity index (χ1v) is 6.54. The lowest BCUT2D eigenvalue weighted by Gasteiger charge is -2.14. The highest BCUT2D eigenvalue weighted by Gasteiger charge is 2.15. The van der Waals surface area contributed by atoms with Gasteiger partial charge in [-0.25, -0.2) is 0 Å². The summed E-state index contributed by atoms with van der Waals surface area (Å²) in [6.45, 7) is -0.362. The van der Waals surface area contributed by atoms with E-state index in [1.165, 1.54) is 11.6 Å². The molecule has 6 heteroatoms. The molecule has 0 saturated carbocycles. The van der Waals surface area contributed by atoms with Gasteiger partial charge in [0.2, 0.25) is 11.8 Å². The molecular weight excluding hydrogens is 272 g/mol. The third-order valence-electron chi connectivity index (χ3n) is 3.22. The van der Waals surface area contributed by atoms with E-state index >= 15 is 0 Å². The second-order valence-corrected chi connectivity index (χ2v) is 4.78. The van der Waals surface area contributed by atoms with Crippen molar-refractivity contribution in [2.75, 3.05) is 13.6 Å². The number of carbonyl (C=O) groups is 3. The van der Waals surface area contributed by atoms with Crippen molar-refractivity contribution in [1.29, 1.82) is 0 Å². The number of carboxylic acids is 1. The molecule has 1 amide bonds. The zero-order valence-electron chi connectivity index (χ0n) is 11.7. The first kappa shape index (κ1) is 14.8. The molecule has 0 aliphatic rings. The Morgan fingerprint density at radius 2 is 1.86 bits per heavy atom. The summed E-state index contributed by atoms with van der Waals surface area (Å²) in [4.78, 5) is 35.5.